The minimum atomic E-state index is 0.117. The van der Waals surface area contributed by atoms with Gasteiger partial charge in [0, 0.05) is 46.9 Å². The van der Waals surface area contributed by atoms with Crippen LogP contribution in [0.15, 0.2) is 18.2 Å². The summed E-state index contributed by atoms with van der Waals surface area (Å²) in [5, 5.41) is 5.05. The Labute approximate surface area is 154 Å². The number of benzene rings is 1. The molecule has 2 aliphatic rings. The largest absolute Gasteiger partial charge is 0.302 e. The van der Waals surface area contributed by atoms with Crippen molar-refractivity contribution < 1.29 is 4.79 Å². The van der Waals surface area contributed by atoms with Crippen LogP contribution in [0.25, 0.3) is 0 Å². The number of nitrogens with one attached hydrogen (secondary N) is 1. The number of hydrogen-bond acceptors (Lipinski definition) is 4. The van der Waals surface area contributed by atoms with Crippen molar-refractivity contribution in [2.45, 2.75) is 32.4 Å². The van der Waals surface area contributed by atoms with Crippen LogP contribution in [0, 0.1) is 5.92 Å². The van der Waals surface area contributed by atoms with E-state index in [-0.39, 0.29) is 11.8 Å². The lowest BCUT2D eigenvalue weighted by molar-refractivity contribution is -0.117. The average Bonchev–Trinajstić information content (AvgIpc) is 3.31. The smallest absolute Gasteiger partial charge is 0.229 e. The van der Waals surface area contributed by atoms with Gasteiger partial charge in [-0.1, -0.05) is 29.3 Å². The average molecular weight is 382 g/mol. The van der Waals surface area contributed by atoms with Crippen LogP contribution < -0.4 is 5.32 Å². The first-order valence-corrected chi connectivity index (χ1v) is 9.61. The van der Waals surface area contributed by atoms with E-state index in [4.69, 9.17) is 23.2 Å². The molecule has 4 nitrogen and oxygen atoms in total. The second-order valence-electron chi connectivity index (χ2n) is 6.35. The predicted molar refractivity (Wildman–Crippen MR) is 97.7 cm³/mol. The van der Waals surface area contributed by atoms with E-state index < -0.39 is 0 Å². The highest BCUT2D eigenvalue weighted by Crippen LogP contribution is 2.33. The van der Waals surface area contributed by atoms with E-state index in [1.165, 1.54) is 4.88 Å². The molecular weight excluding hydrogens is 365 g/mol. The third kappa shape index (κ3) is 3.59. The number of carbonyl (C=O) groups is 1. The van der Waals surface area contributed by atoms with Gasteiger partial charge in [-0.15, -0.1) is 11.3 Å². The lowest BCUT2D eigenvalue weighted by Crippen LogP contribution is -2.29. The Morgan fingerprint density at radius 3 is 2.96 bits per heavy atom. The van der Waals surface area contributed by atoms with Crippen molar-refractivity contribution in [2.75, 3.05) is 11.9 Å². The van der Waals surface area contributed by atoms with Gasteiger partial charge in [-0.25, -0.2) is 4.98 Å². The van der Waals surface area contributed by atoms with Crippen LogP contribution >= 0.6 is 34.5 Å². The Morgan fingerprint density at radius 1 is 1.38 bits per heavy atom. The second-order valence-corrected chi connectivity index (χ2v) is 8.28. The minimum Gasteiger partial charge on any atom is -0.302 e. The van der Waals surface area contributed by atoms with Crippen LogP contribution in [-0.2, 0) is 24.3 Å². The lowest BCUT2D eigenvalue weighted by Gasteiger charge is -2.26. The molecule has 1 aromatic heterocycles. The SMILES string of the molecule is O=C(Nc1nc2c(s1)CN(Cc1ccc(Cl)cc1Cl)CC2)C1CC1. The molecule has 2 heterocycles. The lowest BCUT2D eigenvalue weighted by atomic mass is 10.1. The highest BCUT2D eigenvalue weighted by atomic mass is 35.5. The molecule has 0 atom stereocenters. The van der Waals surface area contributed by atoms with E-state index in [0.29, 0.717) is 10.0 Å². The predicted octanol–water partition coefficient (Wildman–Crippen LogP) is 4.36. The molecule has 0 radical (unpaired) electrons. The van der Waals surface area contributed by atoms with Crippen LogP contribution in [-0.4, -0.2) is 22.3 Å². The van der Waals surface area contributed by atoms with E-state index in [0.717, 1.165) is 55.3 Å². The number of aromatic nitrogens is 1. The maximum absolute atomic E-state index is 11.9. The zero-order valence-electron chi connectivity index (χ0n) is 13.0. The zero-order valence-corrected chi connectivity index (χ0v) is 15.3. The highest BCUT2D eigenvalue weighted by molar-refractivity contribution is 7.15. The van der Waals surface area contributed by atoms with Crippen LogP contribution in [0.5, 0.6) is 0 Å². The summed E-state index contributed by atoms with van der Waals surface area (Å²) < 4.78 is 0. The molecule has 0 saturated heterocycles. The van der Waals surface area contributed by atoms with Crippen molar-refractivity contribution in [3.63, 3.8) is 0 Å². The van der Waals surface area contributed by atoms with Crippen molar-refractivity contribution in [2.24, 2.45) is 5.92 Å². The third-order valence-corrected chi connectivity index (χ3v) is 5.98. The van der Waals surface area contributed by atoms with Gasteiger partial charge >= 0.3 is 0 Å². The Kier molecular flexibility index (Phi) is 4.52. The maximum Gasteiger partial charge on any atom is 0.229 e. The van der Waals surface area contributed by atoms with Crippen LogP contribution in [0.4, 0.5) is 5.13 Å². The highest BCUT2D eigenvalue weighted by Gasteiger charge is 2.30. The summed E-state index contributed by atoms with van der Waals surface area (Å²) in [6.07, 6.45) is 2.91. The molecule has 1 fully saturated rings. The summed E-state index contributed by atoms with van der Waals surface area (Å²) in [5.74, 6) is 0.320. The van der Waals surface area contributed by atoms with Crippen molar-refractivity contribution in [3.05, 3.63) is 44.4 Å². The van der Waals surface area contributed by atoms with E-state index in [1.54, 1.807) is 17.4 Å². The molecule has 0 bridgehead atoms. The van der Waals surface area contributed by atoms with Gasteiger partial charge in [-0.3, -0.25) is 9.69 Å². The van der Waals surface area contributed by atoms with E-state index in [1.807, 2.05) is 12.1 Å². The molecule has 0 unspecified atom stereocenters. The molecule has 4 rings (SSSR count). The third-order valence-electron chi connectivity index (χ3n) is 4.40. The zero-order chi connectivity index (χ0) is 16.7. The fraction of sp³-hybridized carbons (Fsp3) is 0.412. The maximum atomic E-state index is 11.9. The topological polar surface area (TPSA) is 45.2 Å². The number of fused-ring (bicyclic) bond motifs is 1. The molecule has 2 aromatic rings. The molecule has 0 spiro atoms. The van der Waals surface area contributed by atoms with Gasteiger partial charge < -0.3 is 5.32 Å². The van der Waals surface area contributed by atoms with Crippen LogP contribution in [0.3, 0.4) is 0 Å². The van der Waals surface area contributed by atoms with Gasteiger partial charge in [0.2, 0.25) is 5.91 Å². The Morgan fingerprint density at radius 2 is 2.21 bits per heavy atom. The summed E-state index contributed by atoms with van der Waals surface area (Å²) in [4.78, 5) is 20.0. The quantitative estimate of drug-likeness (QED) is 0.855. The number of anilines is 1. The standard InChI is InChI=1S/C17H17Cl2N3OS/c18-12-4-3-11(13(19)7-12)8-22-6-5-14-15(9-22)24-17(20-14)21-16(23)10-1-2-10/h3-4,7,10H,1-2,5-6,8-9H2,(H,20,21,23). The van der Waals surface area contributed by atoms with E-state index >= 15 is 0 Å². The van der Waals surface area contributed by atoms with Gasteiger partial charge in [-0.05, 0) is 30.5 Å². The number of amides is 1. The number of thiazole rings is 1. The Hall–Kier alpha value is -1.14. The monoisotopic (exact) mass is 381 g/mol. The molecule has 126 valence electrons. The summed E-state index contributed by atoms with van der Waals surface area (Å²) in [6.45, 7) is 2.56. The number of rotatable bonds is 4. The van der Waals surface area contributed by atoms with E-state index in [9.17, 15) is 4.79 Å². The van der Waals surface area contributed by atoms with Gasteiger partial charge in [0.1, 0.15) is 0 Å². The molecule has 7 heteroatoms. The molecule has 1 aliphatic carbocycles. The molecule has 24 heavy (non-hydrogen) atoms. The van der Waals surface area contributed by atoms with Gasteiger partial charge in [0.15, 0.2) is 5.13 Å². The van der Waals surface area contributed by atoms with Gasteiger partial charge in [0.05, 0.1) is 5.69 Å². The van der Waals surface area contributed by atoms with Crippen LogP contribution in [0.1, 0.15) is 29.0 Å². The first kappa shape index (κ1) is 16.3. The first-order chi connectivity index (χ1) is 11.6. The fourth-order valence-corrected chi connectivity index (χ4v) is 4.40. The van der Waals surface area contributed by atoms with Crippen molar-refractivity contribution in [3.8, 4) is 0 Å². The Balaban J connectivity index is 1.43. The number of hydrogen-bond donors (Lipinski definition) is 1. The fourth-order valence-electron chi connectivity index (χ4n) is 2.88. The second kappa shape index (κ2) is 6.64. The molecular formula is C17H17Cl2N3OS. The Bertz CT molecular complexity index is 788. The molecule has 1 saturated carbocycles. The number of halogens is 2. The van der Waals surface area contributed by atoms with Crippen molar-refractivity contribution in [1.82, 2.24) is 9.88 Å². The van der Waals surface area contributed by atoms with Crippen molar-refractivity contribution in [1.29, 1.82) is 0 Å². The normalized spacial score (nSPS) is 17.6. The molecule has 1 N–H and O–H groups in total. The molecule has 1 aliphatic heterocycles. The van der Waals surface area contributed by atoms with Crippen LogP contribution in [0.2, 0.25) is 10.0 Å². The number of carbonyl (C=O) groups excluding carboxylic acids is 1. The van der Waals surface area contributed by atoms with Crippen molar-refractivity contribution >= 4 is 45.6 Å². The summed E-state index contributed by atoms with van der Waals surface area (Å²) in [6, 6.07) is 5.64. The molecule has 1 aromatic carbocycles. The molecule has 1 amide bonds. The number of nitrogens with zero attached hydrogens (tertiary/aromatic N) is 2. The minimum absolute atomic E-state index is 0.117. The summed E-state index contributed by atoms with van der Waals surface area (Å²) in [7, 11) is 0. The summed E-state index contributed by atoms with van der Waals surface area (Å²) >= 11 is 13.8. The van der Waals surface area contributed by atoms with Gasteiger partial charge in [-0.2, -0.15) is 0 Å². The first-order valence-electron chi connectivity index (χ1n) is 8.04. The summed E-state index contributed by atoms with van der Waals surface area (Å²) in [5.41, 5.74) is 2.20. The van der Waals surface area contributed by atoms with E-state index in [2.05, 4.69) is 15.2 Å². The van der Waals surface area contributed by atoms with Gasteiger partial charge in [0.25, 0.3) is 0 Å².